The van der Waals surface area contributed by atoms with Gasteiger partial charge in [0.15, 0.2) is 10.9 Å². The number of carbonyl (C=O) groups excluding carboxylic acids is 2. The highest BCUT2D eigenvalue weighted by molar-refractivity contribution is 7.18. The highest BCUT2D eigenvalue weighted by atomic mass is 32.1. The smallest absolute Gasteiger partial charge is 0.226 e. The van der Waals surface area contributed by atoms with Crippen molar-refractivity contribution in [2.24, 2.45) is 17.8 Å². The summed E-state index contributed by atoms with van der Waals surface area (Å²) in [6, 6.07) is 9.64. The number of hydrogen-bond acceptors (Lipinski definition) is 4. The van der Waals surface area contributed by atoms with Gasteiger partial charge in [0.05, 0.1) is 10.6 Å². The maximum absolute atomic E-state index is 12.4. The molecule has 2 aliphatic carbocycles. The van der Waals surface area contributed by atoms with Crippen LogP contribution >= 0.6 is 11.3 Å². The second-order valence-corrected chi connectivity index (χ2v) is 8.31. The number of carbonyl (C=O) groups is 2. The summed E-state index contributed by atoms with van der Waals surface area (Å²) in [5.74, 6) is 2.11. The predicted molar refractivity (Wildman–Crippen MR) is 99.7 cm³/mol. The Kier molecular flexibility index (Phi) is 4.42. The number of nitrogens with one attached hydrogen (secondary N) is 1. The molecule has 0 spiro atoms. The molecule has 130 valence electrons. The molecule has 4 rings (SSSR count). The Morgan fingerprint density at radius 2 is 2.00 bits per heavy atom. The van der Waals surface area contributed by atoms with Crippen LogP contribution in [-0.2, 0) is 4.79 Å². The van der Waals surface area contributed by atoms with E-state index in [0.29, 0.717) is 28.0 Å². The number of rotatable bonds is 5. The molecule has 2 saturated carbocycles. The van der Waals surface area contributed by atoms with Gasteiger partial charge in [0, 0.05) is 18.9 Å². The molecule has 0 aliphatic heterocycles. The van der Waals surface area contributed by atoms with E-state index in [0.717, 1.165) is 17.4 Å². The Balaban J connectivity index is 1.49. The molecule has 1 amide bonds. The maximum Gasteiger partial charge on any atom is 0.226 e. The molecule has 3 atom stereocenters. The minimum atomic E-state index is -0.0232. The number of amides is 1. The molecule has 2 bridgehead atoms. The molecule has 1 N–H and O–H groups in total. The van der Waals surface area contributed by atoms with E-state index in [1.807, 2.05) is 30.3 Å². The largest absolute Gasteiger partial charge is 0.302 e. The summed E-state index contributed by atoms with van der Waals surface area (Å²) in [7, 11) is 0. The van der Waals surface area contributed by atoms with Gasteiger partial charge in [-0.1, -0.05) is 48.1 Å². The average Bonchev–Trinajstić information content (AvgIpc) is 3.30. The SMILES string of the molecule is CC(=O)c1sc(NC(=O)C[C@@H]2C[C@@H]3CC[C@@H]2C3)nc1-c1ccccc1. The van der Waals surface area contributed by atoms with Crippen molar-refractivity contribution in [1.82, 2.24) is 4.98 Å². The number of fused-ring (bicyclic) bond motifs is 2. The Labute approximate surface area is 151 Å². The van der Waals surface area contributed by atoms with Crippen LogP contribution < -0.4 is 5.32 Å². The molecule has 2 fully saturated rings. The third kappa shape index (κ3) is 3.38. The van der Waals surface area contributed by atoms with Crippen LogP contribution in [0.5, 0.6) is 0 Å². The van der Waals surface area contributed by atoms with Gasteiger partial charge in [0.1, 0.15) is 0 Å². The highest BCUT2D eigenvalue weighted by Crippen LogP contribution is 2.49. The molecule has 5 heteroatoms. The van der Waals surface area contributed by atoms with Crippen molar-refractivity contribution in [3.05, 3.63) is 35.2 Å². The van der Waals surface area contributed by atoms with E-state index in [1.165, 1.54) is 37.0 Å². The normalized spacial score (nSPS) is 24.4. The lowest BCUT2D eigenvalue weighted by atomic mass is 9.86. The first-order valence-electron chi connectivity index (χ1n) is 8.97. The molecule has 0 unspecified atom stereocenters. The van der Waals surface area contributed by atoms with Gasteiger partial charge in [-0.3, -0.25) is 9.59 Å². The summed E-state index contributed by atoms with van der Waals surface area (Å²) in [6.07, 6.45) is 5.72. The molecule has 0 radical (unpaired) electrons. The molecule has 2 aliphatic rings. The summed E-state index contributed by atoms with van der Waals surface area (Å²) >= 11 is 1.27. The molecule has 25 heavy (non-hydrogen) atoms. The van der Waals surface area contributed by atoms with Crippen molar-refractivity contribution in [2.45, 2.75) is 39.0 Å². The summed E-state index contributed by atoms with van der Waals surface area (Å²) in [5.41, 5.74) is 1.56. The number of hydrogen-bond donors (Lipinski definition) is 1. The second-order valence-electron chi connectivity index (χ2n) is 7.31. The van der Waals surface area contributed by atoms with E-state index in [2.05, 4.69) is 10.3 Å². The fourth-order valence-corrected chi connectivity index (χ4v) is 5.34. The lowest BCUT2D eigenvalue weighted by molar-refractivity contribution is -0.117. The number of benzene rings is 1. The lowest BCUT2D eigenvalue weighted by Gasteiger charge is -2.20. The van der Waals surface area contributed by atoms with Crippen LogP contribution in [0.25, 0.3) is 11.3 Å². The zero-order valence-corrected chi connectivity index (χ0v) is 15.1. The van der Waals surface area contributed by atoms with Crippen molar-refractivity contribution in [1.29, 1.82) is 0 Å². The van der Waals surface area contributed by atoms with E-state index in [-0.39, 0.29) is 11.7 Å². The van der Waals surface area contributed by atoms with E-state index >= 15 is 0 Å². The fraction of sp³-hybridized carbons (Fsp3) is 0.450. The molecule has 0 saturated heterocycles. The zero-order valence-electron chi connectivity index (χ0n) is 14.3. The third-order valence-electron chi connectivity index (χ3n) is 5.57. The number of nitrogens with zero attached hydrogens (tertiary/aromatic N) is 1. The van der Waals surface area contributed by atoms with Crippen molar-refractivity contribution >= 4 is 28.2 Å². The fourth-order valence-electron chi connectivity index (χ4n) is 4.44. The Morgan fingerprint density at radius 1 is 1.20 bits per heavy atom. The first-order valence-corrected chi connectivity index (χ1v) is 9.79. The van der Waals surface area contributed by atoms with E-state index < -0.39 is 0 Å². The average molecular weight is 354 g/mol. The highest BCUT2D eigenvalue weighted by Gasteiger charge is 2.40. The number of ketones is 1. The Hall–Kier alpha value is -2.01. The first kappa shape index (κ1) is 16.5. The van der Waals surface area contributed by atoms with Crippen LogP contribution in [0, 0.1) is 17.8 Å². The van der Waals surface area contributed by atoms with Crippen LogP contribution in [0.15, 0.2) is 30.3 Å². The van der Waals surface area contributed by atoms with Gasteiger partial charge in [0.25, 0.3) is 0 Å². The van der Waals surface area contributed by atoms with Gasteiger partial charge in [-0.15, -0.1) is 0 Å². The van der Waals surface area contributed by atoms with Gasteiger partial charge in [-0.05, 0) is 37.0 Å². The number of anilines is 1. The topological polar surface area (TPSA) is 59.1 Å². The van der Waals surface area contributed by atoms with Gasteiger partial charge < -0.3 is 5.32 Å². The number of Topliss-reactive ketones (excluding diaryl/α,β-unsaturated/α-hetero) is 1. The van der Waals surface area contributed by atoms with E-state index in [9.17, 15) is 9.59 Å². The Bertz CT molecular complexity index is 799. The van der Waals surface area contributed by atoms with Crippen molar-refractivity contribution in [3.8, 4) is 11.3 Å². The molecule has 4 nitrogen and oxygen atoms in total. The standard InChI is InChI=1S/C20H22N2O2S/c1-12(23)19-18(14-5-3-2-4-6-14)22-20(25-19)21-17(24)11-16-10-13-7-8-15(16)9-13/h2-6,13,15-16H,7-11H2,1H3,(H,21,22,24)/t13-,15-,16+/m1/s1. The minimum Gasteiger partial charge on any atom is -0.302 e. The number of aromatic nitrogens is 1. The summed E-state index contributed by atoms with van der Waals surface area (Å²) in [6.45, 7) is 1.54. The zero-order chi connectivity index (χ0) is 17.4. The quantitative estimate of drug-likeness (QED) is 0.786. The Morgan fingerprint density at radius 3 is 2.64 bits per heavy atom. The summed E-state index contributed by atoms with van der Waals surface area (Å²) in [4.78, 5) is 29.5. The molecular formula is C20H22N2O2S. The monoisotopic (exact) mass is 354 g/mol. The van der Waals surface area contributed by atoms with Crippen molar-refractivity contribution in [2.75, 3.05) is 5.32 Å². The van der Waals surface area contributed by atoms with Crippen LogP contribution in [0.3, 0.4) is 0 Å². The van der Waals surface area contributed by atoms with Crippen molar-refractivity contribution in [3.63, 3.8) is 0 Å². The third-order valence-corrected chi connectivity index (χ3v) is 6.64. The van der Waals surface area contributed by atoms with Gasteiger partial charge in [-0.2, -0.15) is 0 Å². The van der Waals surface area contributed by atoms with Crippen LogP contribution in [-0.4, -0.2) is 16.7 Å². The van der Waals surface area contributed by atoms with E-state index in [4.69, 9.17) is 0 Å². The summed E-state index contributed by atoms with van der Waals surface area (Å²) < 4.78 is 0. The minimum absolute atomic E-state index is 0.0232. The molecule has 2 aromatic rings. The lowest BCUT2D eigenvalue weighted by Crippen LogP contribution is -2.20. The van der Waals surface area contributed by atoms with Gasteiger partial charge in [-0.25, -0.2) is 4.98 Å². The summed E-state index contributed by atoms with van der Waals surface area (Å²) in [5, 5.41) is 3.46. The van der Waals surface area contributed by atoms with Gasteiger partial charge >= 0.3 is 0 Å². The van der Waals surface area contributed by atoms with Crippen LogP contribution in [0.2, 0.25) is 0 Å². The van der Waals surface area contributed by atoms with E-state index in [1.54, 1.807) is 6.92 Å². The first-order chi connectivity index (χ1) is 12.1. The number of thiazole rings is 1. The molecule has 1 aromatic carbocycles. The molecule has 1 heterocycles. The molecule has 1 aromatic heterocycles. The van der Waals surface area contributed by atoms with Gasteiger partial charge in [0.2, 0.25) is 5.91 Å². The second kappa shape index (κ2) is 6.71. The maximum atomic E-state index is 12.4. The van der Waals surface area contributed by atoms with Crippen LogP contribution in [0.1, 0.15) is 48.7 Å². The predicted octanol–water partition coefficient (Wildman–Crippen LogP) is 4.78. The van der Waals surface area contributed by atoms with Crippen LogP contribution in [0.4, 0.5) is 5.13 Å². The van der Waals surface area contributed by atoms with Crippen molar-refractivity contribution < 1.29 is 9.59 Å². The molecular weight excluding hydrogens is 332 g/mol.